The molecule has 1 heterocycles. The molecule has 0 radical (unpaired) electrons. The normalized spacial score (nSPS) is 11.9. The van der Waals surface area contributed by atoms with E-state index in [1.165, 1.54) is 4.68 Å². The van der Waals surface area contributed by atoms with Crippen LogP contribution in [0.5, 0.6) is 0 Å². The second-order valence-corrected chi connectivity index (χ2v) is 7.64. The maximum Gasteiger partial charge on any atom is 0.336 e. The van der Waals surface area contributed by atoms with E-state index < -0.39 is 17.7 Å². The predicted molar refractivity (Wildman–Crippen MR) is 120 cm³/mol. The first-order valence-corrected chi connectivity index (χ1v) is 10.7. The Kier molecular flexibility index (Phi) is 7.51. The molecule has 1 aromatic heterocycles. The molecule has 0 amide bonds. The molecular weight excluding hydrogens is 412 g/mol. The number of nitrogens with zero attached hydrogens (tertiary/aromatic N) is 3. The van der Waals surface area contributed by atoms with Crippen LogP contribution in [0.2, 0.25) is 0 Å². The van der Waals surface area contributed by atoms with E-state index in [0.29, 0.717) is 37.2 Å². The molecule has 3 rings (SSSR count). The van der Waals surface area contributed by atoms with Gasteiger partial charge in [-0.05, 0) is 36.1 Å². The fourth-order valence-corrected chi connectivity index (χ4v) is 3.42. The second kappa shape index (κ2) is 10.3. The molecule has 0 fully saturated rings. The average Bonchev–Trinajstić information content (AvgIpc) is 3.20. The molecule has 0 aliphatic carbocycles. The number of carboxylic acid groups (broad SMARTS) is 1. The summed E-state index contributed by atoms with van der Waals surface area (Å²) in [5, 5.41) is 13.6. The first-order chi connectivity index (χ1) is 15.4. The summed E-state index contributed by atoms with van der Waals surface area (Å²) in [6, 6.07) is 14.2. The van der Waals surface area contributed by atoms with E-state index in [9.17, 15) is 18.7 Å². The topological polar surface area (TPSA) is 68.0 Å². The number of hydrogen-bond acceptors (Lipinski definition) is 3. The van der Waals surface area contributed by atoms with Crippen molar-refractivity contribution in [3.8, 4) is 11.1 Å². The van der Waals surface area contributed by atoms with Crippen LogP contribution in [0, 0.1) is 0 Å². The highest BCUT2D eigenvalue weighted by atomic mass is 19.3. The van der Waals surface area contributed by atoms with Gasteiger partial charge in [0.25, 0.3) is 0 Å². The number of carboxylic acids is 1. The zero-order valence-electron chi connectivity index (χ0n) is 18.3. The van der Waals surface area contributed by atoms with E-state index in [4.69, 9.17) is 0 Å². The van der Waals surface area contributed by atoms with Crippen molar-refractivity contribution in [1.29, 1.82) is 0 Å². The Hall–Kier alpha value is -3.35. The van der Waals surface area contributed by atoms with Crippen LogP contribution in [0.3, 0.4) is 0 Å². The summed E-state index contributed by atoms with van der Waals surface area (Å²) in [6.07, 6.45) is 4.94. The van der Waals surface area contributed by atoms with E-state index in [2.05, 4.69) is 10.1 Å². The summed E-state index contributed by atoms with van der Waals surface area (Å²) in [5.41, 5.74) is 2.48. The zero-order chi connectivity index (χ0) is 23.1. The van der Waals surface area contributed by atoms with Gasteiger partial charge in [-0.2, -0.15) is 8.78 Å². The fraction of sp³-hybridized carbons (Fsp3) is 0.320. The van der Waals surface area contributed by atoms with Gasteiger partial charge in [0, 0.05) is 12.8 Å². The number of alkyl halides is 2. The van der Waals surface area contributed by atoms with Crippen molar-refractivity contribution in [2.45, 2.75) is 52.0 Å². The lowest BCUT2D eigenvalue weighted by molar-refractivity contribution is -0.0245. The molecule has 0 aliphatic heterocycles. The van der Waals surface area contributed by atoms with Crippen LogP contribution in [-0.4, -0.2) is 25.8 Å². The summed E-state index contributed by atoms with van der Waals surface area (Å²) in [4.78, 5) is 15.6. The van der Waals surface area contributed by atoms with E-state index in [0.717, 1.165) is 11.1 Å². The highest BCUT2D eigenvalue weighted by molar-refractivity contribution is 5.95. The highest BCUT2D eigenvalue weighted by Crippen LogP contribution is 2.31. The highest BCUT2D eigenvalue weighted by Gasteiger charge is 2.36. The van der Waals surface area contributed by atoms with E-state index in [1.807, 2.05) is 50.3 Å². The van der Waals surface area contributed by atoms with Crippen LogP contribution in [0.1, 0.15) is 60.7 Å². The lowest BCUT2D eigenvalue weighted by Gasteiger charge is -2.11. The van der Waals surface area contributed by atoms with Crippen LogP contribution in [0.15, 0.2) is 60.7 Å². The molecular formula is C25H27F2N3O2. The smallest absolute Gasteiger partial charge is 0.336 e. The van der Waals surface area contributed by atoms with Gasteiger partial charge in [-0.3, -0.25) is 0 Å². The van der Waals surface area contributed by atoms with Crippen LogP contribution in [0.25, 0.3) is 11.1 Å². The Bertz CT molecular complexity index is 1090. The van der Waals surface area contributed by atoms with Crippen molar-refractivity contribution in [3.63, 3.8) is 0 Å². The first kappa shape index (κ1) is 23.3. The van der Waals surface area contributed by atoms with E-state index >= 15 is 0 Å². The average molecular weight is 440 g/mol. The van der Waals surface area contributed by atoms with Gasteiger partial charge in [0.05, 0.1) is 12.1 Å². The first-order valence-electron chi connectivity index (χ1n) is 10.7. The molecule has 0 saturated heterocycles. The van der Waals surface area contributed by atoms with Crippen LogP contribution in [0.4, 0.5) is 8.78 Å². The maximum atomic E-state index is 14.5. The predicted octanol–water partition coefficient (Wildman–Crippen LogP) is 6.09. The number of aromatic nitrogens is 3. The number of hydrogen-bond donors (Lipinski definition) is 1. The molecule has 0 unspecified atom stereocenters. The molecule has 7 heteroatoms. The Morgan fingerprint density at radius 1 is 1.16 bits per heavy atom. The minimum absolute atomic E-state index is 0.226. The molecule has 2 aromatic carbocycles. The molecule has 32 heavy (non-hydrogen) atoms. The monoisotopic (exact) mass is 439 g/mol. The molecule has 0 aliphatic rings. The number of unbranched alkanes of at least 4 members (excludes halogenated alkanes) is 1. The molecule has 0 spiro atoms. The summed E-state index contributed by atoms with van der Waals surface area (Å²) in [7, 11) is 0. The molecule has 168 valence electrons. The quantitative estimate of drug-likeness (QED) is 0.388. The van der Waals surface area contributed by atoms with E-state index in [1.54, 1.807) is 24.3 Å². The summed E-state index contributed by atoms with van der Waals surface area (Å²) in [5.74, 6) is -4.00. The molecule has 0 saturated carbocycles. The molecule has 3 aromatic rings. The van der Waals surface area contributed by atoms with Crippen molar-refractivity contribution in [1.82, 2.24) is 14.8 Å². The van der Waals surface area contributed by atoms with Crippen molar-refractivity contribution < 1.29 is 18.7 Å². The lowest BCUT2D eigenvalue weighted by atomic mass is 9.99. The van der Waals surface area contributed by atoms with Gasteiger partial charge in [0.15, 0.2) is 0 Å². The van der Waals surface area contributed by atoms with E-state index in [-0.39, 0.29) is 12.0 Å². The van der Waals surface area contributed by atoms with Gasteiger partial charge in [0.1, 0.15) is 5.82 Å². The third kappa shape index (κ3) is 5.46. The lowest BCUT2D eigenvalue weighted by Crippen LogP contribution is -2.16. The SMILES string of the molecule is C/C=C/Cc1nc(C(F)(F)CCCC)nn1Cc1ccc(-c2ccccc2C(=O)O)cc1. The van der Waals surface area contributed by atoms with Gasteiger partial charge in [-0.15, -0.1) is 5.10 Å². The Morgan fingerprint density at radius 3 is 2.53 bits per heavy atom. The van der Waals surface area contributed by atoms with Crippen LogP contribution >= 0.6 is 0 Å². The van der Waals surface area contributed by atoms with Crippen molar-refractivity contribution in [2.75, 3.05) is 0 Å². The largest absolute Gasteiger partial charge is 0.478 e. The zero-order valence-corrected chi connectivity index (χ0v) is 18.3. The van der Waals surface area contributed by atoms with Gasteiger partial charge in [0.2, 0.25) is 5.82 Å². The molecule has 1 N–H and O–H groups in total. The van der Waals surface area contributed by atoms with Crippen molar-refractivity contribution in [3.05, 3.63) is 83.5 Å². The Labute approximate surface area is 186 Å². The summed E-state index contributed by atoms with van der Waals surface area (Å²) < 4.78 is 30.6. The Balaban J connectivity index is 1.87. The summed E-state index contributed by atoms with van der Waals surface area (Å²) in [6.45, 7) is 4.04. The van der Waals surface area contributed by atoms with Crippen molar-refractivity contribution in [2.24, 2.45) is 0 Å². The number of halogens is 2. The van der Waals surface area contributed by atoms with Crippen molar-refractivity contribution >= 4 is 5.97 Å². The van der Waals surface area contributed by atoms with Gasteiger partial charge in [-0.1, -0.05) is 68.0 Å². The second-order valence-electron chi connectivity index (χ2n) is 7.64. The number of carbonyl (C=O) groups is 1. The minimum atomic E-state index is -3.06. The minimum Gasteiger partial charge on any atom is -0.478 e. The van der Waals surface area contributed by atoms with Gasteiger partial charge >= 0.3 is 11.9 Å². The molecule has 5 nitrogen and oxygen atoms in total. The van der Waals surface area contributed by atoms with Gasteiger partial charge < -0.3 is 5.11 Å². The number of rotatable bonds is 10. The number of aromatic carboxylic acids is 1. The molecule has 0 atom stereocenters. The third-order valence-corrected chi connectivity index (χ3v) is 5.21. The number of benzene rings is 2. The summed E-state index contributed by atoms with van der Waals surface area (Å²) >= 11 is 0. The Morgan fingerprint density at radius 2 is 1.88 bits per heavy atom. The third-order valence-electron chi connectivity index (χ3n) is 5.21. The maximum absolute atomic E-state index is 14.5. The fourth-order valence-electron chi connectivity index (χ4n) is 3.42. The van der Waals surface area contributed by atoms with Crippen LogP contribution < -0.4 is 0 Å². The van der Waals surface area contributed by atoms with Crippen LogP contribution in [-0.2, 0) is 18.9 Å². The standard InChI is InChI=1S/C25H27F2N3O2/c1-3-5-11-22-28-24(25(26,27)16-6-4-2)29-30(22)17-18-12-14-19(15-13-18)20-9-7-8-10-21(20)23(31)32/h3,5,7-10,12-15H,4,6,11,16-17H2,1-2H3,(H,31,32)/b5-3+. The van der Waals surface area contributed by atoms with Gasteiger partial charge in [-0.25, -0.2) is 14.5 Å². The molecule has 0 bridgehead atoms. The number of allylic oxidation sites excluding steroid dienone is 2.